The summed E-state index contributed by atoms with van der Waals surface area (Å²) in [5.41, 5.74) is 1.16. The third kappa shape index (κ3) is 2.20. The highest BCUT2D eigenvalue weighted by Crippen LogP contribution is 2.30. The molecule has 3 aromatic rings. The van der Waals surface area contributed by atoms with Crippen molar-refractivity contribution in [2.24, 2.45) is 0 Å². The number of imidazole rings is 1. The molecule has 0 atom stereocenters. The van der Waals surface area contributed by atoms with Crippen molar-refractivity contribution < 1.29 is 9.90 Å². The van der Waals surface area contributed by atoms with Crippen LogP contribution in [0.1, 0.15) is 10.4 Å². The van der Waals surface area contributed by atoms with Crippen LogP contribution in [0.2, 0.25) is 0 Å². The van der Waals surface area contributed by atoms with Crippen molar-refractivity contribution in [3.63, 3.8) is 0 Å². The van der Waals surface area contributed by atoms with Crippen molar-refractivity contribution in [3.05, 3.63) is 60.4 Å². The Balaban J connectivity index is 2.06. The van der Waals surface area contributed by atoms with E-state index in [0.29, 0.717) is 5.56 Å². The van der Waals surface area contributed by atoms with Crippen molar-refractivity contribution >= 4 is 23.4 Å². The molecule has 0 aliphatic heterocycles. The number of hydrogen-bond acceptors (Lipinski definition) is 3. The number of pyridine rings is 1. The molecule has 0 fully saturated rings. The van der Waals surface area contributed by atoms with E-state index >= 15 is 0 Å². The van der Waals surface area contributed by atoms with Crippen molar-refractivity contribution in [2.75, 3.05) is 0 Å². The maximum absolute atomic E-state index is 11.2. The minimum absolute atomic E-state index is 0.310. The molecule has 0 aliphatic rings. The van der Waals surface area contributed by atoms with Gasteiger partial charge in [-0.05, 0) is 24.3 Å². The van der Waals surface area contributed by atoms with Crippen LogP contribution in [0.5, 0.6) is 0 Å². The summed E-state index contributed by atoms with van der Waals surface area (Å²) in [5.74, 6) is -0.916. The lowest BCUT2D eigenvalue weighted by molar-refractivity contribution is 0.0693. The third-order valence-corrected chi connectivity index (χ3v) is 3.84. The molecule has 3 rings (SSSR count). The third-order valence-electron chi connectivity index (χ3n) is 2.72. The smallest absolute Gasteiger partial charge is 0.336 e. The molecule has 1 aromatic carbocycles. The first-order valence-electron chi connectivity index (χ1n) is 5.68. The van der Waals surface area contributed by atoms with E-state index in [1.807, 2.05) is 40.9 Å². The predicted molar refractivity (Wildman–Crippen MR) is 72.7 cm³/mol. The molecule has 1 N–H and O–H groups in total. The molecule has 5 heteroatoms. The van der Waals surface area contributed by atoms with Crippen LogP contribution in [-0.4, -0.2) is 20.5 Å². The number of nitrogens with zero attached hydrogens (tertiary/aromatic N) is 2. The molecule has 0 bridgehead atoms. The van der Waals surface area contributed by atoms with Gasteiger partial charge < -0.3 is 5.11 Å². The number of fused-ring (bicyclic) bond motifs is 1. The Morgan fingerprint density at radius 2 is 2.00 bits per heavy atom. The average molecular weight is 270 g/mol. The Labute approximate surface area is 113 Å². The van der Waals surface area contributed by atoms with Gasteiger partial charge in [-0.3, -0.25) is 4.40 Å². The van der Waals surface area contributed by atoms with Crippen molar-refractivity contribution in [1.82, 2.24) is 9.38 Å². The van der Waals surface area contributed by atoms with Gasteiger partial charge >= 0.3 is 5.97 Å². The van der Waals surface area contributed by atoms with E-state index in [-0.39, 0.29) is 0 Å². The lowest BCUT2D eigenvalue weighted by Gasteiger charge is -2.07. The van der Waals surface area contributed by atoms with E-state index in [2.05, 4.69) is 4.98 Å². The largest absolute Gasteiger partial charge is 0.478 e. The monoisotopic (exact) mass is 270 g/mol. The second-order valence-electron chi connectivity index (χ2n) is 3.92. The van der Waals surface area contributed by atoms with E-state index in [1.165, 1.54) is 11.8 Å². The van der Waals surface area contributed by atoms with E-state index < -0.39 is 5.97 Å². The highest BCUT2D eigenvalue weighted by molar-refractivity contribution is 7.99. The fourth-order valence-electron chi connectivity index (χ4n) is 1.85. The number of carbonyl (C=O) groups is 1. The van der Waals surface area contributed by atoms with Gasteiger partial charge in [0.25, 0.3) is 0 Å². The van der Waals surface area contributed by atoms with Crippen LogP contribution in [0.4, 0.5) is 0 Å². The van der Waals surface area contributed by atoms with Gasteiger partial charge in [-0.25, -0.2) is 9.78 Å². The molecule has 0 saturated heterocycles. The molecule has 0 radical (unpaired) electrons. The first-order chi connectivity index (χ1) is 9.25. The van der Waals surface area contributed by atoms with Gasteiger partial charge in [0, 0.05) is 17.3 Å². The summed E-state index contributed by atoms with van der Waals surface area (Å²) in [6.45, 7) is 0. The summed E-state index contributed by atoms with van der Waals surface area (Å²) in [4.78, 5) is 16.1. The average Bonchev–Trinajstić information content (AvgIpc) is 2.88. The second-order valence-corrected chi connectivity index (χ2v) is 4.99. The van der Waals surface area contributed by atoms with Crippen LogP contribution in [0, 0.1) is 0 Å². The normalized spacial score (nSPS) is 10.7. The molecule has 2 aromatic heterocycles. The minimum Gasteiger partial charge on any atom is -0.478 e. The van der Waals surface area contributed by atoms with E-state index in [1.54, 1.807) is 18.3 Å². The van der Waals surface area contributed by atoms with E-state index in [0.717, 1.165) is 15.6 Å². The number of carboxylic acids is 1. The van der Waals surface area contributed by atoms with Crippen LogP contribution >= 0.6 is 11.8 Å². The second kappa shape index (κ2) is 4.78. The molecule has 0 aliphatic carbocycles. The number of hydrogen-bond donors (Lipinski definition) is 1. The van der Waals surface area contributed by atoms with Gasteiger partial charge in [0.1, 0.15) is 5.65 Å². The topological polar surface area (TPSA) is 54.6 Å². The Bertz CT molecular complexity index is 752. The Morgan fingerprint density at radius 3 is 2.84 bits per heavy atom. The van der Waals surface area contributed by atoms with Crippen molar-refractivity contribution in [2.45, 2.75) is 9.92 Å². The zero-order chi connectivity index (χ0) is 13.2. The number of aromatic nitrogens is 2. The molecule has 0 unspecified atom stereocenters. The van der Waals surface area contributed by atoms with Crippen LogP contribution < -0.4 is 0 Å². The summed E-state index contributed by atoms with van der Waals surface area (Å²) >= 11 is 1.42. The van der Waals surface area contributed by atoms with Gasteiger partial charge in [0.15, 0.2) is 0 Å². The Hall–Kier alpha value is -2.27. The zero-order valence-corrected chi connectivity index (χ0v) is 10.7. The van der Waals surface area contributed by atoms with Gasteiger partial charge in [0.05, 0.1) is 10.6 Å². The fourth-order valence-corrected chi connectivity index (χ4v) is 2.89. The van der Waals surface area contributed by atoms with Crippen molar-refractivity contribution in [3.8, 4) is 0 Å². The molecule has 4 nitrogen and oxygen atoms in total. The minimum atomic E-state index is -0.916. The highest BCUT2D eigenvalue weighted by atomic mass is 32.2. The molecule has 19 heavy (non-hydrogen) atoms. The highest BCUT2D eigenvalue weighted by Gasteiger charge is 2.11. The van der Waals surface area contributed by atoms with Crippen molar-refractivity contribution in [1.29, 1.82) is 0 Å². The van der Waals surface area contributed by atoms with Crippen LogP contribution in [0.25, 0.3) is 5.65 Å². The van der Waals surface area contributed by atoms with Gasteiger partial charge in [-0.2, -0.15) is 0 Å². The van der Waals surface area contributed by atoms with Crippen LogP contribution in [-0.2, 0) is 0 Å². The molecular formula is C14H10N2O2S. The number of rotatable bonds is 3. The number of carboxylic acid groups (broad SMARTS) is 1. The molecule has 0 amide bonds. The first kappa shape index (κ1) is 11.8. The van der Waals surface area contributed by atoms with E-state index in [9.17, 15) is 9.90 Å². The summed E-state index contributed by atoms with van der Waals surface area (Å²) in [6, 6.07) is 12.7. The molecule has 0 spiro atoms. The number of benzene rings is 1. The SMILES string of the molecule is O=C(O)c1ccccc1Sc1cccc2nccn12. The van der Waals surface area contributed by atoms with E-state index in [4.69, 9.17) is 0 Å². The molecule has 94 valence electrons. The van der Waals surface area contributed by atoms with Gasteiger partial charge in [0.2, 0.25) is 0 Å². The first-order valence-corrected chi connectivity index (χ1v) is 6.49. The van der Waals surface area contributed by atoms with Gasteiger partial charge in [-0.15, -0.1) is 0 Å². The lowest BCUT2D eigenvalue weighted by atomic mass is 10.2. The summed E-state index contributed by atoms with van der Waals surface area (Å²) in [7, 11) is 0. The molecular weight excluding hydrogens is 260 g/mol. The Kier molecular flexibility index (Phi) is 2.97. The van der Waals surface area contributed by atoms with Gasteiger partial charge in [-0.1, -0.05) is 30.0 Å². The lowest BCUT2D eigenvalue weighted by Crippen LogP contribution is -1.98. The summed E-state index contributed by atoms with van der Waals surface area (Å²) in [6.07, 6.45) is 3.59. The zero-order valence-electron chi connectivity index (χ0n) is 9.85. The maximum Gasteiger partial charge on any atom is 0.336 e. The summed E-state index contributed by atoms with van der Waals surface area (Å²) < 4.78 is 1.93. The summed E-state index contributed by atoms with van der Waals surface area (Å²) in [5, 5.41) is 10.1. The number of aromatic carboxylic acids is 1. The molecule has 0 saturated carbocycles. The van der Waals surface area contributed by atoms with Crippen LogP contribution in [0.15, 0.2) is 64.8 Å². The predicted octanol–water partition coefficient (Wildman–Crippen LogP) is 3.18. The van der Waals surface area contributed by atoms with Crippen LogP contribution in [0.3, 0.4) is 0 Å². The Morgan fingerprint density at radius 1 is 1.16 bits per heavy atom. The fraction of sp³-hybridized carbons (Fsp3) is 0. The molecule has 2 heterocycles. The quantitative estimate of drug-likeness (QED) is 0.794. The standard InChI is InChI=1S/C14H10N2O2S/c17-14(18)10-4-1-2-5-11(10)19-13-7-3-6-12-15-8-9-16(12)13/h1-9H,(H,17,18). The maximum atomic E-state index is 11.2.